The topological polar surface area (TPSA) is 29.1 Å². The van der Waals surface area contributed by atoms with E-state index in [2.05, 4.69) is 17.4 Å². The van der Waals surface area contributed by atoms with Gasteiger partial charge in [-0.2, -0.15) is 0 Å². The van der Waals surface area contributed by atoms with Crippen molar-refractivity contribution < 1.29 is 4.79 Å². The fourth-order valence-corrected chi connectivity index (χ4v) is 1.94. The molecule has 0 aliphatic heterocycles. The fraction of sp³-hybridized carbons (Fsp3) is 0.364. The third-order valence-corrected chi connectivity index (χ3v) is 2.73. The first kappa shape index (κ1) is 11.1. The van der Waals surface area contributed by atoms with Crippen molar-refractivity contribution in [3.05, 3.63) is 30.3 Å². The molecule has 1 aromatic rings. The lowest BCUT2D eigenvalue weighted by molar-refractivity contribution is -0.120. The minimum absolute atomic E-state index is 0.135. The summed E-state index contributed by atoms with van der Waals surface area (Å²) in [4.78, 5) is 12.3. The Hall–Kier alpha value is -0.960. The van der Waals surface area contributed by atoms with E-state index in [1.54, 1.807) is 11.8 Å². The fourth-order valence-electron chi connectivity index (χ4n) is 1.06. The van der Waals surface area contributed by atoms with Crippen LogP contribution in [0.1, 0.15) is 13.3 Å². The molecule has 0 aromatic heterocycles. The number of amides is 1. The van der Waals surface area contributed by atoms with Gasteiger partial charge in [0.2, 0.25) is 5.91 Å². The summed E-state index contributed by atoms with van der Waals surface area (Å²) >= 11 is 1.71. The van der Waals surface area contributed by atoms with Gasteiger partial charge in [-0.1, -0.05) is 18.2 Å². The van der Waals surface area contributed by atoms with Gasteiger partial charge in [-0.25, -0.2) is 0 Å². The van der Waals surface area contributed by atoms with Crippen molar-refractivity contribution in [3.8, 4) is 0 Å². The largest absolute Gasteiger partial charge is 0.356 e. The lowest BCUT2D eigenvalue weighted by Crippen LogP contribution is -2.22. The van der Waals surface area contributed by atoms with E-state index in [0.29, 0.717) is 6.42 Å². The van der Waals surface area contributed by atoms with Gasteiger partial charge in [0, 0.05) is 23.6 Å². The standard InChI is InChI=1S/C11H15NOS/c1-2-12-11(13)8-9-14-10-6-4-3-5-7-10/h3-7H,2,8-9H2,1H3,(H,12,13). The summed E-state index contributed by atoms with van der Waals surface area (Å²) in [5.74, 6) is 0.978. The maximum atomic E-state index is 11.1. The number of carbonyl (C=O) groups is 1. The molecular weight excluding hydrogens is 194 g/mol. The monoisotopic (exact) mass is 209 g/mol. The molecule has 0 aliphatic rings. The van der Waals surface area contributed by atoms with Crippen molar-refractivity contribution in [1.82, 2.24) is 5.32 Å². The lowest BCUT2D eigenvalue weighted by atomic mass is 10.4. The van der Waals surface area contributed by atoms with Crippen LogP contribution in [0.4, 0.5) is 0 Å². The van der Waals surface area contributed by atoms with Crippen LogP contribution < -0.4 is 5.32 Å². The van der Waals surface area contributed by atoms with Gasteiger partial charge in [-0.3, -0.25) is 4.79 Å². The van der Waals surface area contributed by atoms with Crippen molar-refractivity contribution in [2.75, 3.05) is 12.3 Å². The summed E-state index contributed by atoms with van der Waals surface area (Å²) in [6.07, 6.45) is 0.591. The van der Waals surface area contributed by atoms with Crippen molar-refractivity contribution in [2.45, 2.75) is 18.2 Å². The molecule has 1 N–H and O–H groups in total. The van der Waals surface area contributed by atoms with Crippen LogP contribution in [0.25, 0.3) is 0 Å². The van der Waals surface area contributed by atoms with E-state index in [1.165, 1.54) is 4.90 Å². The molecule has 0 unspecified atom stereocenters. The van der Waals surface area contributed by atoms with Crippen LogP contribution in [0.3, 0.4) is 0 Å². The quantitative estimate of drug-likeness (QED) is 0.754. The van der Waals surface area contributed by atoms with Gasteiger partial charge in [-0.15, -0.1) is 11.8 Å². The molecule has 0 spiro atoms. The van der Waals surface area contributed by atoms with E-state index >= 15 is 0 Å². The third-order valence-electron chi connectivity index (χ3n) is 1.72. The Labute approximate surface area is 89.1 Å². The number of hydrogen-bond donors (Lipinski definition) is 1. The Morgan fingerprint density at radius 3 is 2.71 bits per heavy atom. The van der Waals surface area contributed by atoms with Crippen LogP contribution in [0, 0.1) is 0 Å². The van der Waals surface area contributed by atoms with Crippen molar-refractivity contribution >= 4 is 17.7 Å². The summed E-state index contributed by atoms with van der Waals surface area (Å²) in [5, 5.41) is 2.78. The Morgan fingerprint density at radius 2 is 2.07 bits per heavy atom. The molecule has 0 aliphatic carbocycles. The zero-order valence-corrected chi connectivity index (χ0v) is 9.14. The first-order valence-electron chi connectivity index (χ1n) is 4.77. The highest BCUT2D eigenvalue weighted by Gasteiger charge is 1.99. The molecule has 1 rings (SSSR count). The van der Waals surface area contributed by atoms with Gasteiger partial charge >= 0.3 is 0 Å². The average molecular weight is 209 g/mol. The third kappa shape index (κ3) is 4.33. The molecule has 0 saturated heterocycles. The highest BCUT2D eigenvalue weighted by Crippen LogP contribution is 2.17. The normalized spacial score (nSPS) is 9.79. The minimum atomic E-state index is 0.135. The zero-order chi connectivity index (χ0) is 10.2. The van der Waals surface area contributed by atoms with E-state index in [9.17, 15) is 4.79 Å². The molecular formula is C11H15NOS. The Kier molecular flexibility index (Phi) is 5.15. The summed E-state index contributed by atoms with van der Waals surface area (Å²) in [5.41, 5.74) is 0. The van der Waals surface area contributed by atoms with Crippen molar-refractivity contribution in [2.24, 2.45) is 0 Å². The van der Waals surface area contributed by atoms with Gasteiger partial charge in [0.25, 0.3) is 0 Å². The number of hydrogen-bond acceptors (Lipinski definition) is 2. The van der Waals surface area contributed by atoms with Gasteiger partial charge in [-0.05, 0) is 19.1 Å². The first-order chi connectivity index (χ1) is 6.83. The molecule has 0 atom stereocenters. The number of nitrogens with one attached hydrogen (secondary N) is 1. The predicted molar refractivity (Wildman–Crippen MR) is 60.5 cm³/mol. The van der Waals surface area contributed by atoms with Crippen LogP contribution in [0.5, 0.6) is 0 Å². The number of rotatable bonds is 5. The SMILES string of the molecule is CCNC(=O)CCSc1ccccc1. The maximum Gasteiger partial charge on any atom is 0.220 e. The molecule has 14 heavy (non-hydrogen) atoms. The molecule has 0 fully saturated rings. The van der Waals surface area contributed by atoms with E-state index in [1.807, 2.05) is 25.1 Å². The molecule has 0 bridgehead atoms. The Morgan fingerprint density at radius 1 is 1.36 bits per heavy atom. The average Bonchev–Trinajstić information content (AvgIpc) is 2.20. The van der Waals surface area contributed by atoms with Crippen molar-refractivity contribution in [3.63, 3.8) is 0 Å². The smallest absolute Gasteiger partial charge is 0.220 e. The number of benzene rings is 1. The number of carbonyl (C=O) groups excluding carboxylic acids is 1. The van der Waals surface area contributed by atoms with Crippen LogP contribution in [0.2, 0.25) is 0 Å². The Balaban J connectivity index is 2.19. The maximum absolute atomic E-state index is 11.1. The van der Waals surface area contributed by atoms with E-state index in [-0.39, 0.29) is 5.91 Å². The molecule has 1 aromatic carbocycles. The molecule has 2 nitrogen and oxygen atoms in total. The second-order valence-corrected chi connectivity index (χ2v) is 4.03. The molecule has 1 amide bonds. The summed E-state index contributed by atoms with van der Waals surface area (Å²) in [6, 6.07) is 10.1. The molecule has 3 heteroatoms. The van der Waals surface area contributed by atoms with Crippen LogP contribution in [-0.2, 0) is 4.79 Å². The summed E-state index contributed by atoms with van der Waals surface area (Å²) < 4.78 is 0. The second-order valence-electron chi connectivity index (χ2n) is 2.87. The van der Waals surface area contributed by atoms with Crippen molar-refractivity contribution in [1.29, 1.82) is 0 Å². The van der Waals surface area contributed by atoms with Crippen LogP contribution in [-0.4, -0.2) is 18.2 Å². The lowest BCUT2D eigenvalue weighted by Gasteiger charge is -2.01. The molecule has 0 radical (unpaired) electrons. The van der Waals surface area contributed by atoms with Gasteiger partial charge in [0.15, 0.2) is 0 Å². The summed E-state index contributed by atoms with van der Waals surface area (Å²) in [7, 11) is 0. The van der Waals surface area contributed by atoms with Crippen LogP contribution >= 0.6 is 11.8 Å². The molecule has 76 valence electrons. The minimum Gasteiger partial charge on any atom is -0.356 e. The van der Waals surface area contributed by atoms with Gasteiger partial charge < -0.3 is 5.32 Å². The molecule has 0 saturated carbocycles. The highest BCUT2D eigenvalue weighted by molar-refractivity contribution is 7.99. The zero-order valence-electron chi connectivity index (χ0n) is 8.32. The van der Waals surface area contributed by atoms with Crippen LogP contribution in [0.15, 0.2) is 35.2 Å². The number of thioether (sulfide) groups is 1. The summed E-state index contributed by atoms with van der Waals surface area (Å²) in [6.45, 7) is 2.65. The predicted octanol–water partition coefficient (Wildman–Crippen LogP) is 2.30. The van der Waals surface area contributed by atoms with Gasteiger partial charge in [0.05, 0.1) is 0 Å². The van der Waals surface area contributed by atoms with Gasteiger partial charge in [0.1, 0.15) is 0 Å². The van der Waals surface area contributed by atoms with E-state index in [0.717, 1.165) is 12.3 Å². The van der Waals surface area contributed by atoms with E-state index in [4.69, 9.17) is 0 Å². The highest BCUT2D eigenvalue weighted by atomic mass is 32.2. The first-order valence-corrected chi connectivity index (χ1v) is 5.76. The second kappa shape index (κ2) is 6.49. The van der Waals surface area contributed by atoms with E-state index < -0.39 is 0 Å². The Bertz CT molecular complexity index is 274. The molecule has 0 heterocycles.